The highest BCUT2D eigenvalue weighted by molar-refractivity contribution is 5.94. The van der Waals surface area contributed by atoms with Gasteiger partial charge < -0.3 is 76.5 Å². The van der Waals surface area contributed by atoms with Crippen LogP contribution in [0.3, 0.4) is 0 Å². The number of allylic oxidation sites excluding steroid dienone is 2. The number of primary amides is 1. The van der Waals surface area contributed by atoms with E-state index in [0.29, 0.717) is 38.2 Å². The van der Waals surface area contributed by atoms with Crippen molar-refractivity contribution >= 4 is 55.6 Å². The largest absolute Gasteiger partial charge is 0.483 e. The lowest BCUT2D eigenvalue weighted by Gasteiger charge is -2.39. The lowest BCUT2D eigenvalue weighted by Crippen LogP contribution is -2.50. The Hall–Kier alpha value is -7.60. The normalized spacial score (nSPS) is 20.6. The predicted octanol–water partition coefficient (Wildman–Crippen LogP) is 8.04. The molecule has 1 spiro atoms. The summed E-state index contributed by atoms with van der Waals surface area (Å²) in [6, 6.07) is 23.8. The van der Waals surface area contributed by atoms with Crippen molar-refractivity contribution in [2.45, 2.75) is 174 Å². The summed E-state index contributed by atoms with van der Waals surface area (Å²) in [7, 11) is 3.71. The second-order valence-electron chi connectivity index (χ2n) is 21.5. The number of rotatable bonds is 27. The Morgan fingerprint density at radius 2 is 1.49 bits per heavy atom. The molecule has 22 nitrogen and oxygen atoms in total. The third-order valence-corrected chi connectivity index (χ3v) is 14.5. The summed E-state index contributed by atoms with van der Waals surface area (Å²) in [5.41, 5.74) is 12.1. The molecule has 90 heavy (non-hydrogen) atoms. The van der Waals surface area contributed by atoms with E-state index in [0.717, 1.165) is 75.9 Å². The van der Waals surface area contributed by atoms with Crippen molar-refractivity contribution in [3.8, 4) is 11.1 Å². The van der Waals surface area contributed by atoms with Crippen LogP contribution in [0.4, 0.5) is 10.5 Å². The second kappa shape index (κ2) is 48.3. The first-order valence-corrected chi connectivity index (χ1v) is 31.2. The predicted molar refractivity (Wildman–Crippen MR) is 352 cm³/mol. The number of nitrogens with one attached hydrogen (secondary N) is 7. The van der Waals surface area contributed by atoms with Crippen molar-refractivity contribution in [3.05, 3.63) is 125 Å². The summed E-state index contributed by atoms with van der Waals surface area (Å²) in [5, 5.41) is 27.2. The Morgan fingerprint density at radius 1 is 0.867 bits per heavy atom. The Labute approximate surface area is 534 Å². The van der Waals surface area contributed by atoms with Gasteiger partial charge in [-0.15, -0.1) is 0 Å². The molecule has 10 N–H and O–H groups in total. The van der Waals surface area contributed by atoms with E-state index >= 15 is 0 Å². The number of ether oxygens (including phenoxy) is 5. The van der Waals surface area contributed by atoms with Gasteiger partial charge in [-0.2, -0.15) is 0 Å². The molecule has 3 aromatic carbocycles. The number of alkyl carbamates (subject to hydrolysis) is 1. The van der Waals surface area contributed by atoms with Crippen molar-refractivity contribution < 1.29 is 67.1 Å². The van der Waals surface area contributed by atoms with Crippen LogP contribution in [0, 0.1) is 5.92 Å². The van der Waals surface area contributed by atoms with E-state index in [4.69, 9.17) is 38.4 Å². The van der Waals surface area contributed by atoms with E-state index < -0.39 is 12.2 Å². The molecular formula is C68H104N8O14. The van der Waals surface area contributed by atoms with E-state index in [1.165, 1.54) is 40.3 Å². The number of carbonyl (C=O) groups excluding carboxylic acids is 7. The minimum absolute atomic E-state index is 0.0144. The Balaban J connectivity index is 0.000000639. The van der Waals surface area contributed by atoms with E-state index in [2.05, 4.69) is 120 Å². The van der Waals surface area contributed by atoms with Gasteiger partial charge >= 0.3 is 6.09 Å². The Morgan fingerprint density at radius 3 is 2.04 bits per heavy atom. The molecule has 5 amide bonds. The van der Waals surface area contributed by atoms with Crippen LogP contribution < -0.4 is 43.0 Å². The summed E-state index contributed by atoms with van der Waals surface area (Å²) in [5.74, 6) is 0.135. The molecule has 8 unspecified atom stereocenters. The number of aldehydes is 1. The molecule has 3 saturated heterocycles. The molecule has 0 saturated carbocycles. The fourth-order valence-electron chi connectivity index (χ4n) is 9.88. The SMILES string of the molecule is CC.CCC.CC[C@@H]1CC2(CO2)CC(/C=C/C(C)=C/CC2OC(C)C(NC(=O)/C=C\C(C)OC=O)CC2C)O1.CNCCCC(NC)C(=O)Nc1ccc(CNCCNC=O)cc1.NC=O.O=CCNC(=O)OCC1c2ccccc2-c2ccccc21.O=CO. The smallest absolute Gasteiger partial charge is 0.407 e. The summed E-state index contributed by atoms with van der Waals surface area (Å²) in [6.45, 7) is 22.6. The number of benzene rings is 3. The minimum atomic E-state index is -0.566. The van der Waals surface area contributed by atoms with Crippen LogP contribution in [-0.2, 0) is 63.8 Å². The monoisotopic (exact) mass is 1260 g/mol. The number of carbonyl (C=O) groups is 8. The molecule has 3 heterocycles. The first-order valence-electron chi connectivity index (χ1n) is 31.2. The summed E-state index contributed by atoms with van der Waals surface area (Å²) < 4.78 is 28.2. The molecular weight excluding hydrogens is 1150 g/mol. The lowest BCUT2D eigenvalue weighted by atomic mass is 9.88. The molecule has 0 aromatic heterocycles. The van der Waals surface area contributed by atoms with Crippen LogP contribution >= 0.6 is 0 Å². The quantitative estimate of drug-likeness (QED) is 0.0115. The minimum Gasteiger partial charge on any atom is -0.483 e. The summed E-state index contributed by atoms with van der Waals surface area (Å²) in [6.07, 6.45) is 18.2. The van der Waals surface area contributed by atoms with Gasteiger partial charge in [0.15, 0.2) is 0 Å². The first kappa shape index (κ1) is 80.4. The third kappa shape index (κ3) is 31.7. The molecule has 3 aromatic rings. The van der Waals surface area contributed by atoms with Crippen LogP contribution in [0.1, 0.15) is 136 Å². The van der Waals surface area contributed by atoms with Crippen LogP contribution in [0.5, 0.6) is 0 Å². The van der Waals surface area contributed by atoms with Gasteiger partial charge in [0.25, 0.3) is 12.9 Å². The van der Waals surface area contributed by atoms with Gasteiger partial charge in [0.1, 0.15) is 19.0 Å². The van der Waals surface area contributed by atoms with Gasteiger partial charge in [0.2, 0.25) is 24.6 Å². The summed E-state index contributed by atoms with van der Waals surface area (Å²) >= 11 is 0. The number of nitrogens with two attached hydrogens (primary N) is 1. The molecule has 9 atom stereocenters. The molecule has 0 bridgehead atoms. The van der Waals surface area contributed by atoms with E-state index in [1.54, 1.807) is 20.0 Å². The molecule has 3 fully saturated rings. The molecule has 22 heteroatoms. The zero-order valence-corrected chi connectivity index (χ0v) is 54.8. The first-order chi connectivity index (χ1) is 43.5. The molecule has 500 valence electrons. The lowest BCUT2D eigenvalue weighted by molar-refractivity contribution is -0.131. The van der Waals surface area contributed by atoms with Gasteiger partial charge in [-0.3, -0.25) is 28.8 Å². The zero-order chi connectivity index (χ0) is 67.1. The maximum atomic E-state index is 12.3. The highest BCUT2D eigenvalue weighted by Gasteiger charge is 2.50. The fourth-order valence-corrected chi connectivity index (χ4v) is 9.88. The number of carboxylic acid groups (broad SMARTS) is 1. The standard InChI is InChI=1S/C27H41NO6.C17H29N5O2.C17H15NO3.C3H8.C2H6.CH3NO.CH2O2/c1-6-22-14-27(16-32-27)15-23(34-22)10-7-18(2)8-11-25-19(3)13-24(21(5)33-25)28-26(30)12-9-20(4)31-17-29;1-18-9-3-4-16(19-2)17(24)22-15-7-5-14(6-8-15)12-20-10-11-21-13-23;19-10-9-18-17(20)21-11-16-14-7-3-1-5-12(14)13-6-2-4-8-15(13)16;1-3-2;1-2;2*2-1-3/h7-10,12,17,19-25H,6,11,13-16H2,1-5H3,(H,28,30);5-8,13,16,18-20H,3-4,9-12H2,1-2H3,(H,21,23)(H,22,24);1-8,10,16H,9,11H2,(H,18,20);3H2,1-2H3;1-2H3;1H,(H2,2,3);1H,(H,2,3)/b10-7+,12-9-,18-8+;;;;;;/t19?,20?,21?,22-,23?,24?,25?,27?;;;;;;/m1....../s1. The molecule has 7 rings (SSSR count). The molecule has 0 radical (unpaired) electrons. The maximum absolute atomic E-state index is 12.3. The third-order valence-electron chi connectivity index (χ3n) is 14.5. The fraction of sp³-hybridized carbons (Fsp3) is 0.529. The topological polar surface area (TPSA) is 316 Å². The average Bonchev–Trinajstić information content (AvgIpc) is 1.70. The number of anilines is 1. The van der Waals surface area contributed by atoms with Crippen molar-refractivity contribution in [2.24, 2.45) is 11.7 Å². The molecule has 4 aliphatic rings. The molecule has 1 aliphatic carbocycles. The van der Waals surface area contributed by atoms with E-state index in [9.17, 15) is 28.8 Å². The average molecular weight is 1260 g/mol. The van der Waals surface area contributed by atoms with Crippen LogP contribution in [0.15, 0.2) is 109 Å². The highest BCUT2D eigenvalue weighted by Crippen LogP contribution is 2.45. The van der Waals surface area contributed by atoms with Gasteiger partial charge in [0.05, 0.1) is 55.3 Å². The Bertz CT molecular complexity index is 2560. The Kier molecular flexibility index (Phi) is 43.1. The van der Waals surface area contributed by atoms with Crippen molar-refractivity contribution in [1.82, 2.24) is 31.9 Å². The summed E-state index contributed by atoms with van der Waals surface area (Å²) in [4.78, 5) is 83.6. The van der Waals surface area contributed by atoms with Crippen LogP contribution in [0.25, 0.3) is 11.1 Å². The van der Waals surface area contributed by atoms with Gasteiger partial charge in [-0.1, -0.05) is 132 Å². The number of amides is 5. The van der Waals surface area contributed by atoms with E-state index in [1.807, 2.05) is 76.3 Å². The van der Waals surface area contributed by atoms with Crippen molar-refractivity contribution in [2.75, 3.05) is 58.8 Å². The number of hydrogen-bond acceptors (Lipinski definition) is 16. The number of likely N-dealkylation sites (N-methyl/N-ethyl adjacent to an activating group) is 1. The van der Waals surface area contributed by atoms with E-state index in [-0.39, 0.29) is 85.9 Å². The maximum Gasteiger partial charge on any atom is 0.407 e. The van der Waals surface area contributed by atoms with Crippen molar-refractivity contribution in [3.63, 3.8) is 0 Å². The van der Waals surface area contributed by atoms with Gasteiger partial charge in [-0.05, 0) is 125 Å². The van der Waals surface area contributed by atoms with Crippen LogP contribution in [0.2, 0.25) is 0 Å². The number of epoxide rings is 1. The van der Waals surface area contributed by atoms with Gasteiger partial charge in [-0.25, -0.2) is 4.79 Å². The van der Waals surface area contributed by atoms with Gasteiger partial charge in [0, 0.05) is 50.2 Å². The molecule has 3 aliphatic heterocycles. The zero-order valence-electron chi connectivity index (χ0n) is 54.8. The second-order valence-corrected chi connectivity index (χ2v) is 21.5. The number of hydrogen-bond donors (Lipinski definition) is 9. The van der Waals surface area contributed by atoms with Crippen LogP contribution in [-0.4, -0.2) is 157 Å². The highest BCUT2D eigenvalue weighted by atomic mass is 16.6. The number of fused-ring (bicyclic) bond motifs is 3. The van der Waals surface area contributed by atoms with Crippen molar-refractivity contribution in [1.29, 1.82) is 0 Å².